The summed E-state index contributed by atoms with van der Waals surface area (Å²) in [7, 11) is 0. The van der Waals surface area contributed by atoms with Crippen molar-refractivity contribution in [2.45, 2.75) is 25.8 Å². The quantitative estimate of drug-likeness (QED) is 0.629. The fraction of sp³-hybridized carbons (Fsp3) is 0.235. The van der Waals surface area contributed by atoms with Crippen LogP contribution in [0.3, 0.4) is 0 Å². The van der Waals surface area contributed by atoms with E-state index in [1.165, 1.54) is 0 Å². The standard InChI is InChI=1S/C17H16BrCl2N3/c1-17(2,21)8-14-15(10-4-3-5-11(19)6-10)22-16-13(18)7-12(20)9-23(14)16/h3-7,9H,8,21H2,1-2H3. The number of nitrogens with two attached hydrogens (primary N) is 1. The molecule has 1 aromatic carbocycles. The van der Waals surface area contributed by atoms with E-state index in [1.54, 1.807) is 0 Å². The molecule has 3 rings (SSSR count). The van der Waals surface area contributed by atoms with Gasteiger partial charge in [-0.2, -0.15) is 0 Å². The summed E-state index contributed by atoms with van der Waals surface area (Å²) in [6, 6.07) is 9.51. The van der Waals surface area contributed by atoms with Gasteiger partial charge in [-0.25, -0.2) is 4.98 Å². The zero-order chi connectivity index (χ0) is 16.8. The van der Waals surface area contributed by atoms with Gasteiger partial charge >= 0.3 is 0 Å². The number of nitrogens with zero attached hydrogens (tertiary/aromatic N) is 2. The molecular weight excluding hydrogens is 397 g/mol. The Kier molecular flexibility index (Phi) is 4.45. The first-order chi connectivity index (χ1) is 10.7. The first-order valence-corrected chi connectivity index (χ1v) is 8.70. The van der Waals surface area contributed by atoms with Gasteiger partial charge in [0, 0.05) is 28.7 Å². The summed E-state index contributed by atoms with van der Waals surface area (Å²) in [4.78, 5) is 4.79. The zero-order valence-corrected chi connectivity index (χ0v) is 15.9. The van der Waals surface area contributed by atoms with Crippen LogP contribution in [0.2, 0.25) is 10.0 Å². The van der Waals surface area contributed by atoms with E-state index in [0.717, 1.165) is 27.1 Å². The summed E-state index contributed by atoms with van der Waals surface area (Å²) < 4.78 is 2.84. The molecule has 0 bridgehead atoms. The van der Waals surface area contributed by atoms with Gasteiger partial charge in [0.2, 0.25) is 0 Å². The molecule has 0 aliphatic carbocycles. The number of benzene rings is 1. The van der Waals surface area contributed by atoms with Gasteiger partial charge in [0.15, 0.2) is 5.65 Å². The minimum atomic E-state index is -0.377. The Balaban J connectivity index is 2.32. The van der Waals surface area contributed by atoms with Gasteiger partial charge in [-0.1, -0.05) is 35.3 Å². The maximum absolute atomic E-state index is 6.26. The lowest BCUT2D eigenvalue weighted by atomic mass is 9.97. The molecule has 23 heavy (non-hydrogen) atoms. The molecule has 0 amide bonds. The smallest absolute Gasteiger partial charge is 0.152 e. The van der Waals surface area contributed by atoms with Gasteiger partial charge in [0.05, 0.1) is 20.9 Å². The van der Waals surface area contributed by atoms with Crippen LogP contribution in [0, 0.1) is 0 Å². The Morgan fingerprint density at radius 3 is 2.61 bits per heavy atom. The summed E-state index contributed by atoms with van der Waals surface area (Å²) in [5.41, 5.74) is 9.53. The lowest BCUT2D eigenvalue weighted by molar-refractivity contribution is 0.509. The van der Waals surface area contributed by atoms with Gasteiger partial charge in [-0.3, -0.25) is 0 Å². The van der Waals surface area contributed by atoms with E-state index in [-0.39, 0.29) is 5.54 Å². The third-order valence-corrected chi connectivity index (χ3v) is 4.49. The molecule has 0 atom stereocenters. The number of aromatic nitrogens is 2. The van der Waals surface area contributed by atoms with Crippen molar-refractivity contribution in [3.8, 4) is 11.3 Å². The van der Waals surface area contributed by atoms with Crippen molar-refractivity contribution in [1.82, 2.24) is 9.38 Å². The summed E-state index contributed by atoms with van der Waals surface area (Å²) >= 11 is 15.9. The molecule has 0 unspecified atom stereocenters. The predicted octanol–water partition coefficient (Wildman–Crippen LogP) is 5.35. The minimum Gasteiger partial charge on any atom is -0.325 e. The summed E-state index contributed by atoms with van der Waals surface area (Å²) in [5.74, 6) is 0. The molecule has 2 aromatic heterocycles. The fourth-order valence-corrected chi connectivity index (χ4v) is 3.64. The predicted molar refractivity (Wildman–Crippen MR) is 100 cm³/mol. The van der Waals surface area contributed by atoms with E-state index in [9.17, 15) is 0 Å². The highest BCUT2D eigenvalue weighted by molar-refractivity contribution is 9.10. The molecule has 3 aromatic rings. The lowest BCUT2D eigenvalue weighted by Crippen LogP contribution is -2.35. The molecule has 0 spiro atoms. The molecule has 0 aliphatic rings. The Bertz CT molecular complexity index is 881. The van der Waals surface area contributed by atoms with Gasteiger partial charge in [-0.15, -0.1) is 0 Å². The first kappa shape index (κ1) is 16.8. The van der Waals surface area contributed by atoms with E-state index in [4.69, 9.17) is 33.9 Å². The number of pyridine rings is 1. The molecule has 2 N–H and O–H groups in total. The topological polar surface area (TPSA) is 43.3 Å². The molecule has 0 saturated heterocycles. The number of imidazole rings is 1. The SMILES string of the molecule is CC(C)(N)Cc1c(-c2cccc(Cl)c2)nc2c(Br)cc(Cl)cn12. The van der Waals surface area contributed by atoms with Crippen molar-refractivity contribution < 1.29 is 0 Å². The van der Waals surface area contributed by atoms with Crippen molar-refractivity contribution in [2.24, 2.45) is 5.73 Å². The molecule has 0 saturated carbocycles. The van der Waals surface area contributed by atoms with Crippen LogP contribution >= 0.6 is 39.1 Å². The van der Waals surface area contributed by atoms with Crippen LogP contribution < -0.4 is 5.73 Å². The number of hydrogen-bond donors (Lipinski definition) is 1. The normalized spacial score (nSPS) is 12.1. The van der Waals surface area contributed by atoms with Gasteiger partial charge in [0.1, 0.15) is 0 Å². The molecule has 6 heteroatoms. The number of rotatable bonds is 3. The fourth-order valence-electron chi connectivity index (χ4n) is 2.59. The van der Waals surface area contributed by atoms with Crippen LogP contribution in [0.25, 0.3) is 16.9 Å². The summed E-state index contributed by atoms with van der Waals surface area (Å²) in [6.07, 6.45) is 2.52. The molecule has 0 radical (unpaired) electrons. The second-order valence-electron chi connectivity index (χ2n) is 6.28. The zero-order valence-electron chi connectivity index (χ0n) is 12.8. The van der Waals surface area contributed by atoms with Crippen LogP contribution in [0.5, 0.6) is 0 Å². The van der Waals surface area contributed by atoms with E-state index in [2.05, 4.69) is 15.9 Å². The van der Waals surface area contributed by atoms with Crippen LogP contribution in [0.1, 0.15) is 19.5 Å². The van der Waals surface area contributed by atoms with Crippen molar-refractivity contribution >= 4 is 44.8 Å². The Hall–Kier alpha value is -1.07. The highest BCUT2D eigenvalue weighted by Crippen LogP contribution is 2.32. The Morgan fingerprint density at radius 1 is 1.22 bits per heavy atom. The Labute approximate surface area is 153 Å². The maximum Gasteiger partial charge on any atom is 0.152 e. The third kappa shape index (κ3) is 3.56. The number of hydrogen-bond acceptors (Lipinski definition) is 2. The molecule has 0 fully saturated rings. The monoisotopic (exact) mass is 411 g/mol. The van der Waals surface area contributed by atoms with Gasteiger partial charge < -0.3 is 10.1 Å². The van der Waals surface area contributed by atoms with E-state index >= 15 is 0 Å². The molecule has 120 valence electrons. The van der Waals surface area contributed by atoms with E-state index in [1.807, 2.05) is 54.8 Å². The minimum absolute atomic E-state index is 0.377. The van der Waals surface area contributed by atoms with Crippen LogP contribution in [-0.2, 0) is 6.42 Å². The molecule has 0 aliphatic heterocycles. The number of fused-ring (bicyclic) bond motifs is 1. The van der Waals surface area contributed by atoms with Crippen LogP contribution in [0.15, 0.2) is 41.0 Å². The number of halogens is 3. The van der Waals surface area contributed by atoms with Crippen molar-refractivity contribution in [3.05, 3.63) is 56.7 Å². The Morgan fingerprint density at radius 2 is 1.96 bits per heavy atom. The highest BCUT2D eigenvalue weighted by Gasteiger charge is 2.22. The largest absolute Gasteiger partial charge is 0.325 e. The summed E-state index contributed by atoms with van der Waals surface area (Å²) in [6.45, 7) is 3.99. The van der Waals surface area contributed by atoms with E-state index < -0.39 is 0 Å². The first-order valence-electron chi connectivity index (χ1n) is 7.15. The second-order valence-corrected chi connectivity index (χ2v) is 8.01. The van der Waals surface area contributed by atoms with Gasteiger partial charge in [-0.05, 0) is 48.0 Å². The maximum atomic E-state index is 6.26. The van der Waals surface area contributed by atoms with Gasteiger partial charge in [0.25, 0.3) is 0 Å². The van der Waals surface area contributed by atoms with Crippen molar-refractivity contribution in [3.63, 3.8) is 0 Å². The van der Waals surface area contributed by atoms with Crippen molar-refractivity contribution in [1.29, 1.82) is 0 Å². The summed E-state index contributed by atoms with van der Waals surface area (Å²) in [5, 5.41) is 1.31. The molecule has 3 nitrogen and oxygen atoms in total. The van der Waals surface area contributed by atoms with Crippen LogP contribution in [-0.4, -0.2) is 14.9 Å². The second kappa shape index (κ2) is 6.10. The van der Waals surface area contributed by atoms with Crippen molar-refractivity contribution in [2.75, 3.05) is 0 Å². The third-order valence-electron chi connectivity index (χ3n) is 3.46. The molecular formula is C17H16BrCl2N3. The average Bonchev–Trinajstić information content (AvgIpc) is 2.76. The average molecular weight is 413 g/mol. The molecule has 2 heterocycles. The van der Waals surface area contributed by atoms with E-state index in [0.29, 0.717) is 16.5 Å². The lowest BCUT2D eigenvalue weighted by Gasteiger charge is -2.19. The highest BCUT2D eigenvalue weighted by atomic mass is 79.9. The van der Waals surface area contributed by atoms with Crippen LogP contribution in [0.4, 0.5) is 0 Å².